The number of aryl methyl sites for hydroxylation is 1. The van der Waals surface area contributed by atoms with E-state index in [-0.39, 0.29) is 102 Å². The molecule has 6 atom stereocenters. The van der Waals surface area contributed by atoms with Crippen LogP contribution in [0.1, 0.15) is 99.8 Å². The molecule has 5 aliphatic heterocycles. The molecule has 0 radical (unpaired) electrons. The SMILES string of the molecule is CC(C)(C)OC(=O)N1CC(Br)C(OCCO)C1.CC(C)(C)OC(=O)N1CC2OCCN(Cc3ccccc3)C2C1.CC(C)(C)OC(=O)N1CC=CC1.Cc1ccc(S(=O)(=O)OCCOC2CN(C(=O)OC(C)(C)C)CC2Br)cc1.NCc1ccccc1.OCCO. The van der Waals surface area contributed by atoms with Crippen LogP contribution in [0, 0.1) is 6.92 Å². The van der Waals surface area contributed by atoms with Crippen LogP contribution in [0.5, 0.6) is 0 Å². The number of likely N-dealkylation sites (tertiary alicyclic amines) is 3. The van der Waals surface area contributed by atoms with Crippen molar-refractivity contribution in [2.45, 2.75) is 164 Å². The van der Waals surface area contributed by atoms with Gasteiger partial charge in [0, 0.05) is 52.4 Å². The van der Waals surface area contributed by atoms with Gasteiger partial charge in [0.15, 0.2) is 0 Å². The lowest BCUT2D eigenvalue weighted by atomic mass is 10.1. The zero-order valence-electron chi connectivity index (χ0n) is 55.5. The summed E-state index contributed by atoms with van der Waals surface area (Å²) in [5.41, 5.74) is 6.91. The van der Waals surface area contributed by atoms with Crippen LogP contribution in [-0.2, 0) is 60.5 Å². The van der Waals surface area contributed by atoms with E-state index in [1.807, 2.05) is 139 Å². The van der Waals surface area contributed by atoms with E-state index >= 15 is 0 Å². The van der Waals surface area contributed by atoms with E-state index in [1.54, 1.807) is 31.7 Å². The van der Waals surface area contributed by atoms with E-state index < -0.39 is 33.0 Å². The summed E-state index contributed by atoms with van der Waals surface area (Å²) in [6.07, 6.45) is 2.47. The first-order valence-electron chi connectivity index (χ1n) is 30.6. The average Bonchev–Trinajstić information content (AvgIpc) is 1.73. The van der Waals surface area contributed by atoms with Gasteiger partial charge >= 0.3 is 24.4 Å². The molecule has 0 aromatic heterocycles. The number of carbonyl (C=O) groups excluding carboxylic acids is 4. The lowest BCUT2D eigenvalue weighted by Gasteiger charge is -2.36. The highest BCUT2D eigenvalue weighted by atomic mass is 79.9. The van der Waals surface area contributed by atoms with Gasteiger partial charge < -0.3 is 73.8 Å². The van der Waals surface area contributed by atoms with Crippen molar-refractivity contribution in [3.8, 4) is 0 Å². The zero-order valence-corrected chi connectivity index (χ0v) is 59.5. The van der Waals surface area contributed by atoms with Crippen molar-refractivity contribution in [2.75, 3.05) is 105 Å². The van der Waals surface area contributed by atoms with Gasteiger partial charge in [0.1, 0.15) is 22.4 Å². The minimum atomic E-state index is -3.81. The second-order valence-corrected chi connectivity index (χ2v) is 29.7. The summed E-state index contributed by atoms with van der Waals surface area (Å²) in [7, 11) is -3.81. The normalized spacial score (nSPS) is 20.6. The molecule has 5 N–H and O–H groups in total. The predicted octanol–water partition coefficient (Wildman–Crippen LogP) is 8.89. The Morgan fingerprint density at radius 3 is 1.37 bits per heavy atom. The summed E-state index contributed by atoms with van der Waals surface area (Å²) >= 11 is 6.96. The molecule has 23 nitrogen and oxygen atoms in total. The van der Waals surface area contributed by atoms with Crippen molar-refractivity contribution in [1.29, 1.82) is 0 Å². The molecular formula is C65H102Br2N6O17S. The van der Waals surface area contributed by atoms with Gasteiger partial charge in [-0.1, -0.05) is 122 Å². The largest absolute Gasteiger partial charge is 0.444 e. The number of amides is 4. The minimum absolute atomic E-state index is 0.0113. The number of alkyl halides is 2. The predicted molar refractivity (Wildman–Crippen MR) is 356 cm³/mol. The number of aliphatic hydroxyl groups is 3. The summed E-state index contributed by atoms with van der Waals surface area (Å²) < 4.78 is 67.6. The molecule has 4 fully saturated rings. The Morgan fingerprint density at radius 2 is 0.967 bits per heavy atom. The Morgan fingerprint density at radius 1 is 0.549 bits per heavy atom. The molecule has 4 amide bonds. The molecule has 0 spiro atoms. The van der Waals surface area contributed by atoms with Gasteiger partial charge in [-0.25, -0.2) is 19.2 Å². The van der Waals surface area contributed by atoms with Crippen LogP contribution in [-0.4, -0.2) is 234 Å². The fraction of sp³-hybridized carbons (Fsp3) is 0.631. The summed E-state index contributed by atoms with van der Waals surface area (Å²) in [6, 6.07) is 27.1. The van der Waals surface area contributed by atoms with Crippen molar-refractivity contribution in [2.24, 2.45) is 5.73 Å². The first-order chi connectivity index (χ1) is 42.6. The number of hydrogen-bond acceptors (Lipinski definition) is 19. The van der Waals surface area contributed by atoms with Crippen LogP contribution in [0.3, 0.4) is 0 Å². The molecule has 0 aliphatic carbocycles. The van der Waals surface area contributed by atoms with Gasteiger partial charge in [0.05, 0.1) is 105 Å². The maximum Gasteiger partial charge on any atom is 0.410 e. The smallest absolute Gasteiger partial charge is 0.410 e. The van der Waals surface area contributed by atoms with Crippen molar-refractivity contribution >= 4 is 66.4 Å². The van der Waals surface area contributed by atoms with Crippen molar-refractivity contribution < 1.29 is 80.3 Å². The monoisotopic (exact) mass is 1430 g/mol. The molecule has 8 rings (SSSR count). The molecule has 4 saturated heterocycles. The second-order valence-electron chi connectivity index (χ2n) is 25.7. The number of morpholine rings is 1. The van der Waals surface area contributed by atoms with Crippen LogP contribution >= 0.6 is 31.9 Å². The maximum atomic E-state index is 12.3. The summed E-state index contributed by atoms with van der Waals surface area (Å²) in [5, 5.41) is 23.9. The first kappa shape index (κ1) is 80.3. The fourth-order valence-electron chi connectivity index (χ4n) is 8.87. The van der Waals surface area contributed by atoms with Crippen LogP contribution < -0.4 is 5.73 Å². The molecule has 3 aromatic carbocycles. The number of halogens is 2. The van der Waals surface area contributed by atoms with Gasteiger partial charge in [-0.05, 0) is 113 Å². The molecule has 5 aliphatic rings. The number of fused-ring (bicyclic) bond motifs is 1. The standard InChI is InChI=1S/C18H26BrNO6S.C18H26N2O3.C11H20BrNO4.C9H15NO2.C7H9N.C2H6O2/c1-13-5-7-14(8-6-13)27(22,23)25-10-9-24-16-12-20(11-15(16)19)17(21)26-18(2,3)4;1-18(2,3)23-17(21)20-12-15-16(13-20)22-10-9-19(15)11-14-7-5-4-6-8-14;1-11(2,3)17-10(15)13-6-8(12)9(7-13)16-5-4-14;1-9(2,3)12-8(11)10-6-4-5-7-10;8-6-7-4-2-1-3-5-7;3-1-2-4/h5-8,15-16H,9-12H2,1-4H3;4-8,15-16H,9-13H2,1-3H3;8-9,14H,4-7H2,1-3H3;4-5H,6-7H2,1-3H3;1-5H,6,8H2;3-4H,1-2H2. The Labute approximate surface area is 557 Å². The third kappa shape index (κ3) is 32.2. The number of aliphatic hydroxyl groups excluding tert-OH is 3. The Balaban J connectivity index is 0.000000306. The summed E-state index contributed by atoms with van der Waals surface area (Å²) in [5.74, 6) is 0. The van der Waals surface area contributed by atoms with E-state index in [1.165, 1.54) is 23.3 Å². The fourth-order valence-corrected chi connectivity index (χ4v) is 11.1. The lowest BCUT2D eigenvalue weighted by molar-refractivity contribution is -0.0505. The minimum Gasteiger partial charge on any atom is -0.444 e. The molecule has 0 saturated carbocycles. The van der Waals surface area contributed by atoms with Crippen LogP contribution in [0.4, 0.5) is 19.2 Å². The zero-order chi connectivity index (χ0) is 68.2. The van der Waals surface area contributed by atoms with Crippen molar-refractivity contribution in [3.63, 3.8) is 0 Å². The van der Waals surface area contributed by atoms with Gasteiger partial charge in [0.2, 0.25) is 0 Å². The molecule has 0 bridgehead atoms. The van der Waals surface area contributed by atoms with E-state index in [2.05, 4.69) is 61.0 Å². The molecule has 26 heteroatoms. The second kappa shape index (κ2) is 39.0. The lowest BCUT2D eigenvalue weighted by Crippen LogP contribution is -2.50. The molecule has 5 heterocycles. The molecule has 6 unspecified atom stereocenters. The van der Waals surface area contributed by atoms with E-state index in [9.17, 15) is 27.6 Å². The van der Waals surface area contributed by atoms with E-state index in [0.717, 1.165) is 25.3 Å². The van der Waals surface area contributed by atoms with Crippen LogP contribution in [0.25, 0.3) is 0 Å². The number of ether oxygens (including phenoxy) is 7. The Hall–Kier alpha value is -4.97. The number of hydrogen-bond donors (Lipinski definition) is 4. The number of nitrogens with zero attached hydrogens (tertiary/aromatic N) is 5. The van der Waals surface area contributed by atoms with Gasteiger partial charge in [-0.3, -0.25) is 9.08 Å². The first-order valence-corrected chi connectivity index (χ1v) is 33.8. The molecule has 3 aromatic rings. The summed E-state index contributed by atoms with van der Waals surface area (Å²) in [6.45, 7) is 31.8. The third-order valence-electron chi connectivity index (χ3n) is 13.0. The van der Waals surface area contributed by atoms with Crippen molar-refractivity contribution in [3.05, 3.63) is 114 Å². The number of nitrogens with two attached hydrogens (primary N) is 1. The van der Waals surface area contributed by atoms with Gasteiger partial charge in [0.25, 0.3) is 10.1 Å². The average molecular weight is 1430 g/mol. The van der Waals surface area contributed by atoms with Crippen molar-refractivity contribution in [1.82, 2.24) is 24.5 Å². The van der Waals surface area contributed by atoms with E-state index in [0.29, 0.717) is 58.9 Å². The third-order valence-corrected chi connectivity index (χ3v) is 16.1. The highest BCUT2D eigenvalue weighted by Crippen LogP contribution is 2.28. The van der Waals surface area contributed by atoms with Crippen LogP contribution in [0.2, 0.25) is 0 Å². The Bertz CT molecular complexity index is 2740. The summed E-state index contributed by atoms with van der Waals surface area (Å²) in [4.78, 5) is 56.7. The maximum absolute atomic E-state index is 12.3. The quantitative estimate of drug-likeness (QED) is 0.0408. The van der Waals surface area contributed by atoms with Gasteiger partial charge in [-0.2, -0.15) is 8.42 Å². The highest BCUT2D eigenvalue weighted by molar-refractivity contribution is 9.09. The highest BCUT2D eigenvalue weighted by Gasteiger charge is 2.43. The molecule has 91 heavy (non-hydrogen) atoms. The topological polar surface area (TPSA) is 279 Å². The number of rotatable bonds is 13. The molecular weight excluding hydrogens is 1330 g/mol. The number of benzene rings is 3. The number of carbonyl (C=O) groups is 4. The Kier molecular flexibility index (Phi) is 34.4. The van der Waals surface area contributed by atoms with Crippen LogP contribution in [0.15, 0.2) is 102 Å². The van der Waals surface area contributed by atoms with E-state index in [4.69, 9.17) is 58.4 Å². The molecule has 514 valence electrons. The van der Waals surface area contributed by atoms with Gasteiger partial charge in [-0.15, -0.1) is 0 Å².